The van der Waals surface area contributed by atoms with Crippen LogP contribution in [0.15, 0.2) is 0 Å². The minimum absolute atomic E-state index is 0. The van der Waals surface area contributed by atoms with Crippen LogP contribution in [0.1, 0.15) is 2.85 Å². The molecule has 0 aromatic heterocycles. The molecule has 2 nitrogen and oxygen atoms in total. The quantitative estimate of drug-likeness (QED) is 0.521. The van der Waals surface area contributed by atoms with E-state index in [-0.39, 0.29) is 117 Å². The largest absolute Gasteiger partial charge is 2.00 e. The summed E-state index contributed by atoms with van der Waals surface area (Å²) in [7, 11) is 0. The summed E-state index contributed by atoms with van der Waals surface area (Å²) in [5.41, 5.74) is 0. The molecule has 0 saturated carbocycles. The summed E-state index contributed by atoms with van der Waals surface area (Å²) in [6, 6.07) is 0. The van der Waals surface area contributed by atoms with Crippen LogP contribution in [-0.4, -0.2) is 86.6 Å². The monoisotopic (exact) mass is 275 g/mol. The van der Waals surface area contributed by atoms with E-state index in [0.717, 1.165) is 0 Å². The average molecular weight is 275 g/mol. The van der Waals surface area contributed by atoms with Crippen molar-refractivity contribution >= 4 is 86.6 Å². The van der Waals surface area contributed by atoms with Gasteiger partial charge in [-0.1, -0.05) is 0 Å². The first-order valence-corrected chi connectivity index (χ1v) is 0. The Kier molecular flexibility index (Phi) is 218. The van der Waals surface area contributed by atoms with Crippen LogP contribution in [0.4, 0.5) is 0 Å². The number of hydrogen-bond donors (Lipinski definition) is 0. The van der Waals surface area contributed by atoms with Gasteiger partial charge in [-0.15, -0.1) is 0 Å². The molecule has 0 amide bonds. The molecule has 0 atom stereocenters. The Labute approximate surface area is 115 Å². The normalized spacial score (nSPS) is 0. The molecule has 0 N–H and O–H groups in total. The van der Waals surface area contributed by atoms with Gasteiger partial charge in [-0.05, 0) is 0 Å². The minimum atomic E-state index is 0. The third-order valence-electron chi connectivity index (χ3n) is 0. The maximum atomic E-state index is 0. The molecule has 29 valence electrons. The van der Waals surface area contributed by atoms with Crippen molar-refractivity contribution in [3.8, 4) is 0 Å². The Morgan fingerprint density at radius 1 is 1.00 bits per heavy atom. The van der Waals surface area contributed by atoms with Crippen LogP contribution in [0.5, 0.6) is 0 Å². The van der Waals surface area contributed by atoms with Crippen molar-refractivity contribution in [1.82, 2.24) is 0 Å². The van der Waals surface area contributed by atoms with E-state index in [9.17, 15) is 0 Å². The van der Waals surface area contributed by atoms with Gasteiger partial charge in [0.15, 0.2) is 0 Å². The second kappa shape index (κ2) is 26.7. The molecule has 0 fully saturated rings. The minimum Gasteiger partial charge on any atom is -2.00 e. The van der Waals surface area contributed by atoms with E-state index in [1.54, 1.807) is 0 Å². The van der Waals surface area contributed by atoms with Crippen molar-refractivity contribution < 1.29 is 30.9 Å². The van der Waals surface area contributed by atoms with Gasteiger partial charge in [-0.25, -0.2) is 0 Å². The zero-order valence-corrected chi connectivity index (χ0v) is 10.1. The summed E-state index contributed by atoms with van der Waals surface area (Å²) in [6.45, 7) is 0. The molecule has 1 radical (unpaired) electrons. The van der Waals surface area contributed by atoms with Crippen molar-refractivity contribution in [3.63, 3.8) is 0 Å². The van der Waals surface area contributed by atoms with Gasteiger partial charge < -0.3 is 13.8 Å². The van der Waals surface area contributed by atoms with Crippen LogP contribution in [0.25, 0.3) is 0 Å². The van der Waals surface area contributed by atoms with Crippen LogP contribution >= 0.6 is 0 Å². The molecule has 0 rings (SSSR count). The van der Waals surface area contributed by atoms with Crippen molar-refractivity contribution in [2.45, 2.75) is 0 Å². The Balaban J connectivity index is 0. The number of rotatable bonds is 0. The summed E-state index contributed by atoms with van der Waals surface area (Å²) < 4.78 is 0. The Morgan fingerprint density at radius 2 is 1.00 bits per heavy atom. The Morgan fingerprint density at radius 3 is 1.00 bits per heavy atom. The summed E-state index contributed by atoms with van der Waals surface area (Å²) in [5, 5.41) is 0. The van der Waals surface area contributed by atoms with E-state index < -0.39 is 0 Å². The van der Waals surface area contributed by atoms with Crippen LogP contribution in [0, 0.1) is 0 Å². The van der Waals surface area contributed by atoms with E-state index in [0.29, 0.717) is 0 Å². The molecule has 0 aliphatic heterocycles. The fourth-order valence-electron chi connectivity index (χ4n) is 0. The van der Waals surface area contributed by atoms with Gasteiger partial charge in [-0.3, -0.25) is 0 Å². The van der Waals surface area contributed by atoms with E-state index in [2.05, 4.69) is 0 Å². The average Bonchev–Trinajstić information content (AvgIpc) is 0. The summed E-state index contributed by atoms with van der Waals surface area (Å²) >= 11 is 0. The molecule has 5 heavy (non-hydrogen) atoms. The molecule has 0 bridgehead atoms. The molecule has 0 heterocycles. The van der Waals surface area contributed by atoms with E-state index in [1.165, 1.54) is 0 Å². The molecule has 0 aromatic rings. The molecule has 0 aromatic carbocycles. The molecular weight excluding hydrogens is 273 g/mol. The van der Waals surface area contributed by atoms with E-state index in [1.807, 2.05) is 0 Å². The zero-order valence-electron chi connectivity index (χ0n) is 4.53. The molecule has 0 saturated heterocycles. The standard InChI is InChI=1S/Ba.Ca.Cu.2O.2H/q3*+2;2*-2;2*-1. The van der Waals surface area contributed by atoms with Gasteiger partial charge >= 0.3 is 104 Å². The first-order chi connectivity index (χ1) is 0. The van der Waals surface area contributed by atoms with Crippen molar-refractivity contribution in [1.29, 1.82) is 0 Å². The van der Waals surface area contributed by atoms with Crippen LogP contribution in [-0.2, 0) is 28.0 Å². The van der Waals surface area contributed by atoms with Crippen molar-refractivity contribution in [2.75, 3.05) is 0 Å². The van der Waals surface area contributed by atoms with Crippen LogP contribution < -0.4 is 0 Å². The summed E-state index contributed by atoms with van der Waals surface area (Å²) in [6.07, 6.45) is 0. The molecule has 0 aliphatic carbocycles. The fourth-order valence-corrected chi connectivity index (χ4v) is 0. The summed E-state index contributed by atoms with van der Waals surface area (Å²) in [5.74, 6) is 0. The molecule has 5 heteroatoms. The van der Waals surface area contributed by atoms with Gasteiger partial charge in [0.05, 0.1) is 0 Å². The maximum absolute atomic E-state index is 0. The summed E-state index contributed by atoms with van der Waals surface area (Å²) in [4.78, 5) is 0. The van der Waals surface area contributed by atoms with Gasteiger partial charge in [0.25, 0.3) is 0 Å². The van der Waals surface area contributed by atoms with Gasteiger partial charge in [0, 0.05) is 0 Å². The first-order valence-electron chi connectivity index (χ1n) is 0. The third-order valence-corrected chi connectivity index (χ3v) is 0. The second-order valence-corrected chi connectivity index (χ2v) is 0. The zero-order chi connectivity index (χ0) is 0. The van der Waals surface area contributed by atoms with E-state index in [4.69, 9.17) is 0 Å². The Bertz CT molecular complexity index is 15.7. The SMILES string of the molecule is [Ba+2].[Ca+2].[Cu+2].[H-].[H-].[O-2].[O-2]. The van der Waals surface area contributed by atoms with Crippen LogP contribution in [0.2, 0.25) is 0 Å². The predicted octanol–water partition coefficient (Wildman–Crippen LogP) is -0.777. The smallest absolute Gasteiger partial charge is 2.00 e. The molecule has 0 spiro atoms. The topological polar surface area (TPSA) is 57.0 Å². The van der Waals surface area contributed by atoms with Crippen molar-refractivity contribution in [2.24, 2.45) is 0 Å². The van der Waals surface area contributed by atoms with Crippen LogP contribution in [0.3, 0.4) is 0 Å². The first kappa shape index (κ1) is 40.9. The second-order valence-electron chi connectivity index (χ2n) is 0. The molecule has 0 unspecified atom stereocenters. The van der Waals surface area contributed by atoms with E-state index >= 15 is 0 Å². The van der Waals surface area contributed by atoms with Crippen molar-refractivity contribution in [3.05, 3.63) is 0 Å². The fraction of sp³-hybridized carbons (Fsp3) is 0. The molecular formula is H2BaCaCuO2. The number of hydrogen-bond acceptors (Lipinski definition) is 0. The molecule has 0 aliphatic rings. The maximum Gasteiger partial charge on any atom is 2.00 e. The Hall–Kier alpha value is 3.27. The predicted molar refractivity (Wildman–Crippen MR) is 15.1 cm³/mol. The van der Waals surface area contributed by atoms with Gasteiger partial charge in [0.2, 0.25) is 0 Å². The van der Waals surface area contributed by atoms with Gasteiger partial charge in [-0.2, -0.15) is 0 Å². The third kappa shape index (κ3) is 18.9. The van der Waals surface area contributed by atoms with Gasteiger partial charge in [0.1, 0.15) is 0 Å².